The van der Waals surface area contributed by atoms with E-state index in [1.807, 2.05) is 13.8 Å². The van der Waals surface area contributed by atoms with Crippen LogP contribution in [0, 0.1) is 6.92 Å². The van der Waals surface area contributed by atoms with E-state index in [-0.39, 0.29) is 24.5 Å². The third kappa shape index (κ3) is 2.79. The van der Waals surface area contributed by atoms with E-state index in [4.69, 9.17) is 14.4 Å². The molecule has 1 unspecified atom stereocenters. The Balaban J connectivity index is 2.21. The van der Waals surface area contributed by atoms with Gasteiger partial charge in [-0.25, -0.2) is 0 Å². The first kappa shape index (κ1) is 14.0. The first-order valence-electron chi connectivity index (χ1n) is 6.52. The van der Waals surface area contributed by atoms with E-state index in [0.29, 0.717) is 36.7 Å². The van der Waals surface area contributed by atoms with Crippen LogP contribution in [-0.2, 0) is 4.74 Å². The van der Waals surface area contributed by atoms with Crippen molar-refractivity contribution >= 4 is 5.91 Å². The van der Waals surface area contributed by atoms with E-state index in [1.165, 1.54) is 0 Å². The van der Waals surface area contributed by atoms with Gasteiger partial charge in [0.05, 0.1) is 25.0 Å². The van der Waals surface area contributed by atoms with Crippen LogP contribution < -0.4 is 0 Å². The predicted molar refractivity (Wildman–Crippen MR) is 68.1 cm³/mol. The number of aliphatic hydroxyl groups is 1. The van der Waals surface area contributed by atoms with Crippen LogP contribution in [0.5, 0.6) is 0 Å². The SMILES string of the molecule is Cc1noc(C(C)C)c1C(=O)N1CCOC(CO)C1. The van der Waals surface area contributed by atoms with Crippen LogP contribution in [-0.4, -0.2) is 53.5 Å². The lowest BCUT2D eigenvalue weighted by Gasteiger charge is -2.32. The molecule has 2 rings (SSSR count). The summed E-state index contributed by atoms with van der Waals surface area (Å²) in [7, 11) is 0. The maximum Gasteiger partial charge on any atom is 0.259 e. The Morgan fingerprint density at radius 1 is 1.58 bits per heavy atom. The van der Waals surface area contributed by atoms with Gasteiger partial charge in [-0.3, -0.25) is 4.79 Å². The Morgan fingerprint density at radius 3 is 2.95 bits per heavy atom. The van der Waals surface area contributed by atoms with Crippen LogP contribution in [0.2, 0.25) is 0 Å². The number of aromatic nitrogens is 1. The van der Waals surface area contributed by atoms with Crippen LogP contribution >= 0.6 is 0 Å². The van der Waals surface area contributed by atoms with Gasteiger partial charge >= 0.3 is 0 Å². The first-order valence-corrected chi connectivity index (χ1v) is 6.52. The van der Waals surface area contributed by atoms with Crippen molar-refractivity contribution < 1.29 is 19.2 Å². The van der Waals surface area contributed by atoms with E-state index in [2.05, 4.69) is 5.16 Å². The van der Waals surface area contributed by atoms with E-state index in [1.54, 1.807) is 11.8 Å². The molecular formula is C13H20N2O4. The van der Waals surface area contributed by atoms with E-state index in [9.17, 15) is 4.79 Å². The quantitative estimate of drug-likeness (QED) is 0.883. The molecule has 106 valence electrons. The van der Waals surface area contributed by atoms with Crippen LogP contribution in [0.1, 0.15) is 41.6 Å². The largest absolute Gasteiger partial charge is 0.394 e. The van der Waals surface area contributed by atoms with Gasteiger partial charge in [-0.1, -0.05) is 19.0 Å². The molecule has 1 atom stereocenters. The number of carbonyl (C=O) groups excluding carboxylic acids is 1. The molecule has 0 aromatic carbocycles. The van der Waals surface area contributed by atoms with Crippen molar-refractivity contribution in [2.75, 3.05) is 26.3 Å². The average Bonchev–Trinajstić information content (AvgIpc) is 2.80. The van der Waals surface area contributed by atoms with Gasteiger partial charge in [0.25, 0.3) is 5.91 Å². The highest BCUT2D eigenvalue weighted by Crippen LogP contribution is 2.24. The van der Waals surface area contributed by atoms with Crippen LogP contribution in [0.15, 0.2) is 4.52 Å². The molecule has 6 heteroatoms. The van der Waals surface area contributed by atoms with Gasteiger partial charge < -0.3 is 19.3 Å². The number of hydrogen-bond acceptors (Lipinski definition) is 5. The van der Waals surface area contributed by atoms with Gasteiger partial charge in [0.1, 0.15) is 5.56 Å². The molecule has 1 aliphatic rings. The molecular weight excluding hydrogens is 248 g/mol. The number of aryl methyl sites for hydroxylation is 1. The zero-order valence-electron chi connectivity index (χ0n) is 11.5. The van der Waals surface area contributed by atoms with Gasteiger partial charge in [0, 0.05) is 19.0 Å². The topological polar surface area (TPSA) is 75.8 Å². The Kier molecular flexibility index (Phi) is 4.21. The van der Waals surface area contributed by atoms with E-state index >= 15 is 0 Å². The molecule has 1 N–H and O–H groups in total. The molecule has 2 heterocycles. The monoisotopic (exact) mass is 268 g/mol. The van der Waals surface area contributed by atoms with Crippen LogP contribution in [0.4, 0.5) is 0 Å². The van der Waals surface area contributed by atoms with Crippen molar-refractivity contribution in [3.05, 3.63) is 17.0 Å². The zero-order chi connectivity index (χ0) is 14.0. The summed E-state index contributed by atoms with van der Waals surface area (Å²) in [5.41, 5.74) is 1.16. The molecule has 1 fully saturated rings. The summed E-state index contributed by atoms with van der Waals surface area (Å²) in [6.45, 7) is 6.99. The van der Waals surface area contributed by atoms with Gasteiger partial charge in [-0.2, -0.15) is 0 Å². The summed E-state index contributed by atoms with van der Waals surface area (Å²) in [6.07, 6.45) is -0.305. The maximum absolute atomic E-state index is 12.6. The molecule has 0 aliphatic carbocycles. The number of ether oxygens (including phenoxy) is 1. The number of morpholine rings is 1. The van der Waals surface area contributed by atoms with Crippen molar-refractivity contribution in [2.45, 2.75) is 32.8 Å². The van der Waals surface area contributed by atoms with Crippen molar-refractivity contribution in [3.63, 3.8) is 0 Å². The summed E-state index contributed by atoms with van der Waals surface area (Å²) < 4.78 is 10.6. The predicted octanol–water partition coefficient (Wildman–Crippen LogP) is 0.940. The smallest absolute Gasteiger partial charge is 0.259 e. The Morgan fingerprint density at radius 2 is 2.32 bits per heavy atom. The minimum Gasteiger partial charge on any atom is -0.394 e. The highest BCUT2D eigenvalue weighted by Gasteiger charge is 2.30. The minimum atomic E-state index is -0.305. The molecule has 0 bridgehead atoms. The molecule has 0 saturated carbocycles. The molecule has 19 heavy (non-hydrogen) atoms. The summed E-state index contributed by atoms with van der Waals surface area (Å²) in [5, 5.41) is 13.0. The lowest BCUT2D eigenvalue weighted by atomic mass is 10.0. The zero-order valence-corrected chi connectivity index (χ0v) is 11.5. The number of aliphatic hydroxyl groups excluding tert-OH is 1. The number of amides is 1. The van der Waals surface area contributed by atoms with Crippen LogP contribution in [0.3, 0.4) is 0 Å². The normalized spacial score (nSPS) is 20.1. The second kappa shape index (κ2) is 5.71. The van der Waals surface area contributed by atoms with E-state index in [0.717, 1.165) is 0 Å². The Hall–Kier alpha value is -1.40. The fraction of sp³-hybridized carbons (Fsp3) is 0.692. The molecule has 1 aromatic heterocycles. The summed E-state index contributed by atoms with van der Waals surface area (Å²) in [5.74, 6) is 0.633. The van der Waals surface area contributed by atoms with Gasteiger partial charge in [-0.15, -0.1) is 0 Å². The fourth-order valence-electron chi connectivity index (χ4n) is 2.21. The van der Waals surface area contributed by atoms with Crippen molar-refractivity contribution in [1.82, 2.24) is 10.1 Å². The lowest BCUT2D eigenvalue weighted by Crippen LogP contribution is -2.47. The molecule has 1 saturated heterocycles. The molecule has 6 nitrogen and oxygen atoms in total. The van der Waals surface area contributed by atoms with Crippen molar-refractivity contribution in [1.29, 1.82) is 0 Å². The minimum absolute atomic E-state index is 0.0799. The maximum atomic E-state index is 12.6. The number of rotatable bonds is 3. The fourth-order valence-corrected chi connectivity index (χ4v) is 2.21. The first-order chi connectivity index (χ1) is 9.04. The molecule has 1 aliphatic heterocycles. The lowest BCUT2D eigenvalue weighted by molar-refractivity contribution is -0.0448. The van der Waals surface area contributed by atoms with Crippen molar-refractivity contribution in [3.8, 4) is 0 Å². The average molecular weight is 268 g/mol. The van der Waals surface area contributed by atoms with E-state index < -0.39 is 0 Å². The molecule has 0 radical (unpaired) electrons. The van der Waals surface area contributed by atoms with Crippen LogP contribution in [0.25, 0.3) is 0 Å². The third-order valence-corrected chi connectivity index (χ3v) is 3.26. The summed E-state index contributed by atoms with van der Waals surface area (Å²) >= 11 is 0. The van der Waals surface area contributed by atoms with Gasteiger partial charge in [0.2, 0.25) is 0 Å². The second-order valence-corrected chi connectivity index (χ2v) is 5.09. The summed E-state index contributed by atoms with van der Waals surface area (Å²) in [4.78, 5) is 14.2. The summed E-state index contributed by atoms with van der Waals surface area (Å²) in [6, 6.07) is 0. The molecule has 0 spiro atoms. The van der Waals surface area contributed by atoms with Crippen molar-refractivity contribution in [2.24, 2.45) is 0 Å². The molecule has 1 aromatic rings. The number of nitrogens with zero attached hydrogens (tertiary/aromatic N) is 2. The Labute approximate surface area is 112 Å². The third-order valence-electron chi connectivity index (χ3n) is 3.26. The molecule has 1 amide bonds. The highest BCUT2D eigenvalue weighted by atomic mass is 16.5. The number of carbonyl (C=O) groups is 1. The standard InChI is InChI=1S/C13H20N2O4/c1-8(2)12-11(9(3)14-19-12)13(17)15-4-5-18-10(6-15)7-16/h8,10,16H,4-7H2,1-3H3. The second-order valence-electron chi connectivity index (χ2n) is 5.09. The highest BCUT2D eigenvalue weighted by molar-refractivity contribution is 5.96. The number of hydrogen-bond donors (Lipinski definition) is 1. The van der Waals surface area contributed by atoms with Gasteiger partial charge in [-0.05, 0) is 6.92 Å². The van der Waals surface area contributed by atoms with Gasteiger partial charge in [0.15, 0.2) is 5.76 Å². The Bertz CT molecular complexity index is 455.